The lowest BCUT2D eigenvalue weighted by atomic mass is 10.1. The van der Waals surface area contributed by atoms with Crippen LogP contribution in [0.2, 0.25) is 0 Å². The Morgan fingerprint density at radius 3 is 2.42 bits per heavy atom. The second-order valence-electron chi connectivity index (χ2n) is 11.2. The number of amides is 1. The Bertz CT molecular complexity index is 1520. The molecule has 3 aromatic heterocycles. The third-order valence-electron chi connectivity index (χ3n) is 6.70. The molecule has 1 amide bonds. The van der Waals surface area contributed by atoms with Crippen LogP contribution in [-0.4, -0.2) is 67.3 Å². The number of aromatic nitrogens is 5. The normalized spacial score (nSPS) is 14.2. The summed E-state index contributed by atoms with van der Waals surface area (Å²) in [5.41, 5.74) is 2.79. The van der Waals surface area contributed by atoms with E-state index in [2.05, 4.69) is 30.2 Å². The zero-order chi connectivity index (χ0) is 28.6. The van der Waals surface area contributed by atoms with Crippen LogP contribution in [0.4, 0.5) is 26.5 Å². The van der Waals surface area contributed by atoms with Crippen LogP contribution in [0.1, 0.15) is 46.5 Å². The lowest BCUT2D eigenvalue weighted by Gasteiger charge is -2.36. The Morgan fingerprint density at radius 1 is 1.02 bits per heavy atom. The van der Waals surface area contributed by atoms with Crippen molar-refractivity contribution in [3.05, 3.63) is 54.5 Å². The minimum absolute atomic E-state index is 0.144. The van der Waals surface area contributed by atoms with Gasteiger partial charge in [-0.15, -0.1) is 0 Å². The van der Waals surface area contributed by atoms with Crippen LogP contribution in [0.3, 0.4) is 0 Å². The number of halogens is 1. The van der Waals surface area contributed by atoms with Gasteiger partial charge in [-0.3, -0.25) is 0 Å². The van der Waals surface area contributed by atoms with Crippen molar-refractivity contribution < 1.29 is 13.9 Å². The molecule has 11 heteroatoms. The van der Waals surface area contributed by atoms with Crippen molar-refractivity contribution in [2.24, 2.45) is 0 Å². The van der Waals surface area contributed by atoms with E-state index < -0.39 is 5.60 Å². The number of carbonyl (C=O) groups excluding carboxylic acids is 1. The Morgan fingerprint density at radius 2 is 1.77 bits per heavy atom. The highest BCUT2D eigenvalue weighted by Gasteiger charge is 2.26. The lowest BCUT2D eigenvalue weighted by molar-refractivity contribution is 0.0240. The molecule has 1 saturated heterocycles. The van der Waals surface area contributed by atoms with E-state index in [4.69, 9.17) is 4.74 Å². The van der Waals surface area contributed by atoms with Crippen LogP contribution in [0.5, 0.6) is 0 Å². The minimum Gasteiger partial charge on any atom is -0.444 e. The summed E-state index contributed by atoms with van der Waals surface area (Å²) in [6.07, 6.45) is 2.97. The van der Waals surface area contributed by atoms with Gasteiger partial charge < -0.3 is 24.4 Å². The first-order valence-corrected chi connectivity index (χ1v) is 13.4. The molecular weight excluding hydrogens is 511 g/mol. The number of nitrogens with one attached hydrogen (secondary N) is 1. The van der Waals surface area contributed by atoms with Crippen molar-refractivity contribution >= 4 is 34.4 Å². The molecule has 4 heterocycles. The van der Waals surface area contributed by atoms with E-state index in [0.29, 0.717) is 54.6 Å². The third kappa shape index (κ3) is 5.83. The number of benzene rings is 1. The summed E-state index contributed by atoms with van der Waals surface area (Å²) in [6.45, 7) is 14.1. The lowest BCUT2D eigenvalue weighted by Crippen LogP contribution is -2.50. The first-order chi connectivity index (χ1) is 19.0. The zero-order valence-corrected chi connectivity index (χ0v) is 23.8. The van der Waals surface area contributed by atoms with Crippen LogP contribution in [0.15, 0.2) is 42.9 Å². The SMILES string of the molecule is Cc1nc2c(F)cc(-c3cc(Nc4ccc(N5CCN(C(=O)OC(C)(C)C)CC5)cn4)ncn3)cc2n1C(C)C. The quantitative estimate of drug-likeness (QED) is 0.339. The second kappa shape index (κ2) is 10.7. The van der Waals surface area contributed by atoms with Gasteiger partial charge in [-0.05, 0) is 65.8 Å². The summed E-state index contributed by atoms with van der Waals surface area (Å²) < 4.78 is 22.5. The molecule has 0 unspecified atom stereocenters. The first kappa shape index (κ1) is 27.3. The molecule has 4 aromatic rings. The highest BCUT2D eigenvalue weighted by molar-refractivity contribution is 5.83. The second-order valence-corrected chi connectivity index (χ2v) is 11.2. The smallest absolute Gasteiger partial charge is 0.410 e. The molecule has 0 saturated carbocycles. The fraction of sp³-hybridized carbons (Fsp3) is 0.414. The molecule has 40 heavy (non-hydrogen) atoms. The standard InChI is InChI=1S/C29H35FN8O2/c1-18(2)38-19(3)34-27-22(30)13-20(14-24(27)38)23-15-26(33-17-32-23)35-25-8-7-21(16-31-25)36-9-11-37(12-10-36)28(39)40-29(4,5)6/h7-8,13-18H,9-12H2,1-6H3,(H,31,32,33,35). The molecule has 0 bridgehead atoms. The van der Waals surface area contributed by atoms with E-state index in [1.54, 1.807) is 17.2 Å². The fourth-order valence-corrected chi connectivity index (χ4v) is 4.90. The van der Waals surface area contributed by atoms with Gasteiger partial charge in [-0.1, -0.05) is 0 Å². The highest BCUT2D eigenvalue weighted by Crippen LogP contribution is 2.30. The molecule has 10 nitrogen and oxygen atoms in total. The molecule has 0 radical (unpaired) electrons. The van der Waals surface area contributed by atoms with Crippen LogP contribution >= 0.6 is 0 Å². The largest absolute Gasteiger partial charge is 0.444 e. The summed E-state index contributed by atoms with van der Waals surface area (Å²) in [5, 5.41) is 3.21. The van der Waals surface area contributed by atoms with Crippen LogP contribution < -0.4 is 10.2 Å². The Hall–Kier alpha value is -4.28. The maximum atomic E-state index is 15.0. The van der Waals surface area contributed by atoms with E-state index in [0.717, 1.165) is 17.0 Å². The predicted molar refractivity (Wildman–Crippen MR) is 153 cm³/mol. The third-order valence-corrected chi connectivity index (χ3v) is 6.70. The van der Waals surface area contributed by atoms with Gasteiger partial charge in [0.25, 0.3) is 0 Å². The molecule has 1 aliphatic heterocycles. The highest BCUT2D eigenvalue weighted by atomic mass is 19.1. The average molecular weight is 547 g/mol. The van der Waals surface area contributed by atoms with Gasteiger partial charge in [-0.2, -0.15) is 0 Å². The zero-order valence-electron chi connectivity index (χ0n) is 23.8. The fourth-order valence-electron chi connectivity index (χ4n) is 4.90. The molecule has 210 valence electrons. The van der Waals surface area contributed by atoms with E-state index in [-0.39, 0.29) is 18.0 Å². The number of piperazine rings is 1. The van der Waals surface area contributed by atoms with Crippen molar-refractivity contribution in [1.82, 2.24) is 29.4 Å². The number of hydrogen-bond acceptors (Lipinski definition) is 8. The van der Waals surface area contributed by atoms with Gasteiger partial charge in [0, 0.05) is 43.9 Å². The average Bonchev–Trinajstić information content (AvgIpc) is 3.25. The monoisotopic (exact) mass is 546 g/mol. The van der Waals surface area contributed by atoms with Gasteiger partial charge in [0.05, 0.1) is 23.1 Å². The summed E-state index contributed by atoms with van der Waals surface area (Å²) in [5.74, 6) is 1.55. The maximum Gasteiger partial charge on any atom is 0.410 e. The Kier molecular flexibility index (Phi) is 7.31. The molecule has 0 spiro atoms. The number of nitrogens with zero attached hydrogens (tertiary/aromatic N) is 7. The van der Waals surface area contributed by atoms with Crippen molar-refractivity contribution in [1.29, 1.82) is 0 Å². The van der Waals surface area contributed by atoms with Crippen molar-refractivity contribution in [2.45, 2.75) is 53.2 Å². The maximum absolute atomic E-state index is 15.0. The van der Waals surface area contributed by atoms with Crippen LogP contribution in [-0.2, 0) is 4.74 Å². The van der Waals surface area contributed by atoms with Gasteiger partial charge in [0.2, 0.25) is 0 Å². The van der Waals surface area contributed by atoms with E-state index in [1.165, 1.54) is 12.4 Å². The number of rotatable bonds is 5. The first-order valence-electron chi connectivity index (χ1n) is 13.4. The molecule has 1 fully saturated rings. The van der Waals surface area contributed by atoms with Crippen LogP contribution in [0, 0.1) is 12.7 Å². The minimum atomic E-state index is -0.508. The summed E-state index contributed by atoms with van der Waals surface area (Å²) in [4.78, 5) is 33.9. The molecule has 0 aliphatic carbocycles. The van der Waals surface area contributed by atoms with Gasteiger partial charge in [0.1, 0.15) is 34.9 Å². The topological polar surface area (TPSA) is 101 Å². The van der Waals surface area contributed by atoms with E-state index >= 15 is 0 Å². The molecule has 1 aromatic carbocycles. The molecule has 1 aliphatic rings. The molecule has 5 rings (SSSR count). The van der Waals surface area contributed by atoms with Crippen molar-refractivity contribution in [2.75, 3.05) is 36.4 Å². The number of hydrogen-bond donors (Lipinski definition) is 1. The molecular formula is C29H35FN8O2. The Labute approximate surface area is 233 Å². The summed E-state index contributed by atoms with van der Waals surface area (Å²) in [6, 6.07) is 9.16. The van der Waals surface area contributed by atoms with Gasteiger partial charge >= 0.3 is 6.09 Å². The number of fused-ring (bicyclic) bond motifs is 1. The van der Waals surface area contributed by atoms with Crippen molar-refractivity contribution in [3.8, 4) is 11.3 Å². The number of aryl methyl sites for hydroxylation is 1. The predicted octanol–water partition coefficient (Wildman–Crippen LogP) is 5.72. The van der Waals surface area contributed by atoms with Gasteiger partial charge in [0.15, 0.2) is 5.82 Å². The summed E-state index contributed by atoms with van der Waals surface area (Å²) >= 11 is 0. The number of carbonyl (C=O) groups is 1. The number of imidazole rings is 1. The number of anilines is 3. The van der Waals surface area contributed by atoms with E-state index in [9.17, 15) is 9.18 Å². The van der Waals surface area contributed by atoms with E-state index in [1.807, 2.05) is 64.3 Å². The van der Waals surface area contributed by atoms with Crippen LogP contribution in [0.25, 0.3) is 22.3 Å². The Balaban J connectivity index is 1.27. The molecule has 1 N–H and O–H groups in total. The molecule has 0 atom stereocenters. The number of ether oxygens (including phenoxy) is 1. The number of pyridine rings is 1. The summed E-state index contributed by atoms with van der Waals surface area (Å²) in [7, 11) is 0. The van der Waals surface area contributed by atoms with Gasteiger partial charge in [-0.25, -0.2) is 29.1 Å². The van der Waals surface area contributed by atoms with Crippen molar-refractivity contribution in [3.63, 3.8) is 0 Å².